The fourth-order valence-corrected chi connectivity index (χ4v) is 2.21. The van der Waals surface area contributed by atoms with E-state index in [9.17, 15) is 19.8 Å². The highest BCUT2D eigenvalue weighted by Gasteiger charge is 2.16. The zero-order valence-corrected chi connectivity index (χ0v) is 11.2. The summed E-state index contributed by atoms with van der Waals surface area (Å²) in [6, 6.07) is 4.55. The molecule has 6 heteroatoms. The molecule has 0 saturated heterocycles. The number of aliphatic carboxylic acids is 1. The molecule has 1 heterocycles. The SMILES string of the molecule is Cc1cc(=O)oc2c(C[NH+](C)CC(=O)[O-])c(O)ccc12. The van der Waals surface area contributed by atoms with Gasteiger partial charge >= 0.3 is 5.63 Å². The first kappa shape index (κ1) is 14.1. The minimum Gasteiger partial charge on any atom is -0.544 e. The summed E-state index contributed by atoms with van der Waals surface area (Å²) in [4.78, 5) is 22.7. The molecule has 1 aromatic heterocycles. The topological polar surface area (TPSA) is 95.0 Å². The second-order valence-electron chi connectivity index (χ2n) is 4.87. The fourth-order valence-electron chi connectivity index (χ4n) is 2.21. The van der Waals surface area contributed by atoms with Crippen LogP contribution in [0.1, 0.15) is 11.1 Å². The van der Waals surface area contributed by atoms with Crippen LogP contribution in [0.25, 0.3) is 11.0 Å². The minimum atomic E-state index is -1.18. The molecule has 1 aromatic carbocycles. The number of hydrogen-bond acceptors (Lipinski definition) is 5. The molecule has 2 rings (SSSR count). The van der Waals surface area contributed by atoms with Crippen LogP contribution in [0.4, 0.5) is 0 Å². The maximum atomic E-state index is 11.5. The van der Waals surface area contributed by atoms with Crippen molar-refractivity contribution in [2.75, 3.05) is 13.6 Å². The number of hydrogen-bond donors (Lipinski definition) is 2. The van der Waals surface area contributed by atoms with E-state index < -0.39 is 11.6 Å². The van der Waals surface area contributed by atoms with Crippen LogP contribution in [0.2, 0.25) is 0 Å². The van der Waals surface area contributed by atoms with Crippen molar-refractivity contribution in [2.24, 2.45) is 0 Å². The van der Waals surface area contributed by atoms with Gasteiger partial charge in [0.2, 0.25) is 0 Å². The summed E-state index contributed by atoms with van der Waals surface area (Å²) in [7, 11) is 1.65. The molecule has 0 aliphatic heterocycles. The van der Waals surface area contributed by atoms with Crippen molar-refractivity contribution in [3.63, 3.8) is 0 Å². The van der Waals surface area contributed by atoms with Crippen LogP contribution in [-0.2, 0) is 11.3 Å². The lowest BCUT2D eigenvalue weighted by Gasteiger charge is -2.16. The smallest absolute Gasteiger partial charge is 0.336 e. The van der Waals surface area contributed by atoms with Crippen molar-refractivity contribution in [1.29, 1.82) is 0 Å². The molecule has 0 radical (unpaired) electrons. The minimum absolute atomic E-state index is 0.0241. The van der Waals surface area contributed by atoms with Crippen molar-refractivity contribution in [1.82, 2.24) is 0 Å². The summed E-state index contributed by atoms with van der Waals surface area (Å²) in [6.07, 6.45) is 0. The molecule has 0 aliphatic carbocycles. The summed E-state index contributed by atoms with van der Waals surface area (Å²) in [5.74, 6) is -1.20. The van der Waals surface area contributed by atoms with Gasteiger partial charge in [-0.25, -0.2) is 4.79 Å². The third kappa shape index (κ3) is 2.80. The van der Waals surface area contributed by atoms with E-state index in [0.29, 0.717) is 16.0 Å². The van der Waals surface area contributed by atoms with Crippen molar-refractivity contribution >= 4 is 16.9 Å². The second kappa shape index (κ2) is 5.34. The van der Waals surface area contributed by atoms with Gasteiger partial charge in [0, 0.05) is 11.5 Å². The van der Waals surface area contributed by atoms with E-state index in [0.717, 1.165) is 10.9 Å². The van der Waals surface area contributed by atoms with E-state index in [-0.39, 0.29) is 18.8 Å². The number of fused-ring (bicyclic) bond motifs is 1. The fraction of sp³-hybridized carbons (Fsp3) is 0.286. The van der Waals surface area contributed by atoms with Crippen LogP contribution < -0.4 is 15.6 Å². The van der Waals surface area contributed by atoms with Crippen molar-refractivity contribution in [2.45, 2.75) is 13.5 Å². The molecule has 1 unspecified atom stereocenters. The van der Waals surface area contributed by atoms with E-state index in [2.05, 4.69) is 0 Å². The number of nitrogens with one attached hydrogen (secondary N) is 1. The van der Waals surface area contributed by atoms with Crippen molar-refractivity contribution in [3.05, 3.63) is 39.7 Å². The maximum absolute atomic E-state index is 11.5. The number of carboxylic acids is 1. The van der Waals surface area contributed by atoms with Crippen LogP contribution in [-0.4, -0.2) is 24.7 Å². The number of phenols is 1. The molecule has 0 amide bonds. The number of carbonyl (C=O) groups is 1. The predicted molar refractivity (Wildman–Crippen MR) is 69.4 cm³/mol. The van der Waals surface area contributed by atoms with Gasteiger partial charge in [-0.3, -0.25) is 0 Å². The highest BCUT2D eigenvalue weighted by Crippen LogP contribution is 2.27. The lowest BCUT2D eigenvalue weighted by Crippen LogP contribution is -3.09. The lowest BCUT2D eigenvalue weighted by atomic mass is 10.1. The Morgan fingerprint density at radius 3 is 2.80 bits per heavy atom. The van der Waals surface area contributed by atoms with Crippen molar-refractivity contribution < 1.29 is 24.3 Å². The van der Waals surface area contributed by atoms with Gasteiger partial charge in [0.05, 0.1) is 18.6 Å². The molecule has 0 spiro atoms. The number of quaternary nitrogens is 1. The summed E-state index contributed by atoms with van der Waals surface area (Å²) in [5.41, 5.74) is 0.962. The number of aromatic hydroxyl groups is 1. The van der Waals surface area contributed by atoms with Crippen LogP contribution in [0, 0.1) is 6.92 Å². The van der Waals surface area contributed by atoms with E-state index >= 15 is 0 Å². The molecule has 0 bridgehead atoms. The molecule has 106 valence electrons. The largest absolute Gasteiger partial charge is 0.544 e. The third-order valence-corrected chi connectivity index (χ3v) is 3.12. The Morgan fingerprint density at radius 1 is 1.45 bits per heavy atom. The number of carboxylic acid groups (broad SMARTS) is 1. The Bertz CT molecular complexity index is 719. The van der Waals surface area contributed by atoms with Gasteiger partial charge in [0.15, 0.2) is 5.58 Å². The normalized spacial score (nSPS) is 12.5. The van der Waals surface area contributed by atoms with Crippen LogP contribution in [0.15, 0.2) is 27.4 Å². The summed E-state index contributed by atoms with van der Waals surface area (Å²) in [6.45, 7) is 1.78. The maximum Gasteiger partial charge on any atom is 0.336 e. The lowest BCUT2D eigenvalue weighted by molar-refractivity contribution is -0.887. The van der Waals surface area contributed by atoms with Gasteiger partial charge < -0.3 is 24.3 Å². The highest BCUT2D eigenvalue weighted by atomic mass is 16.4. The monoisotopic (exact) mass is 277 g/mol. The van der Waals surface area contributed by atoms with Crippen LogP contribution in [0.5, 0.6) is 5.75 Å². The summed E-state index contributed by atoms with van der Waals surface area (Å²) >= 11 is 0. The Morgan fingerprint density at radius 2 is 2.15 bits per heavy atom. The average Bonchev–Trinajstić information content (AvgIpc) is 2.31. The number of aryl methyl sites for hydroxylation is 1. The number of phenolic OH excluding ortho intramolecular Hbond substituents is 1. The Kier molecular flexibility index (Phi) is 3.76. The van der Waals surface area contributed by atoms with Gasteiger partial charge in [0.25, 0.3) is 0 Å². The first-order valence-corrected chi connectivity index (χ1v) is 6.15. The Balaban J connectivity index is 2.54. The quantitative estimate of drug-likeness (QED) is 0.668. The number of likely N-dealkylation sites (N-methyl/N-ethyl adjacent to an activating group) is 1. The Hall–Kier alpha value is -2.34. The molecule has 2 aromatic rings. The molecule has 0 aliphatic rings. The molecule has 2 N–H and O–H groups in total. The van der Waals surface area contributed by atoms with Gasteiger partial charge in [0.1, 0.15) is 18.8 Å². The molecular formula is C14H15NO5. The number of benzene rings is 1. The molecule has 1 atom stereocenters. The van der Waals surface area contributed by atoms with Crippen LogP contribution >= 0.6 is 0 Å². The number of carbonyl (C=O) groups excluding carboxylic acids is 1. The second-order valence-corrected chi connectivity index (χ2v) is 4.87. The highest BCUT2D eigenvalue weighted by molar-refractivity contribution is 5.84. The summed E-state index contributed by atoms with van der Waals surface area (Å²) in [5, 5.41) is 21.2. The van der Waals surface area contributed by atoms with Gasteiger partial charge in [-0.15, -0.1) is 0 Å². The van der Waals surface area contributed by atoms with E-state index in [1.165, 1.54) is 12.1 Å². The zero-order chi connectivity index (χ0) is 14.9. The van der Waals surface area contributed by atoms with Gasteiger partial charge in [-0.1, -0.05) is 0 Å². The Labute approximate surface area is 114 Å². The standard InChI is InChI=1S/C14H15NO5/c1-8-5-13(19)20-14-9(8)3-4-11(16)10(14)6-15(2)7-12(17)18/h3-5,16H,6-7H2,1-2H3,(H,17,18). The van der Waals surface area contributed by atoms with Crippen LogP contribution in [0.3, 0.4) is 0 Å². The average molecular weight is 277 g/mol. The third-order valence-electron chi connectivity index (χ3n) is 3.12. The predicted octanol–water partition coefficient (Wildman–Crippen LogP) is -1.43. The molecule has 6 nitrogen and oxygen atoms in total. The number of rotatable bonds is 4. The molecular weight excluding hydrogens is 262 g/mol. The zero-order valence-electron chi connectivity index (χ0n) is 11.2. The first-order chi connectivity index (χ1) is 9.38. The first-order valence-electron chi connectivity index (χ1n) is 6.15. The van der Waals surface area contributed by atoms with E-state index in [1.54, 1.807) is 20.0 Å². The van der Waals surface area contributed by atoms with E-state index in [1.807, 2.05) is 0 Å². The van der Waals surface area contributed by atoms with E-state index in [4.69, 9.17) is 4.42 Å². The summed E-state index contributed by atoms with van der Waals surface area (Å²) < 4.78 is 5.17. The molecule has 0 saturated carbocycles. The van der Waals surface area contributed by atoms with Crippen molar-refractivity contribution in [3.8, 4) is 5.75 Å². The molecule has 0 fully saturated rings. The molecule has 20 heavy (non-hydrogen) atoms. The van der Waals surface area contributed by atoms with Gasteiger partial charge in [-0.2, -0.15) is 0 Å². The van der Waals surface area contributed by atoms with Gasteiger partial charge in [-0.05, 0) is 24.6 Å².